The van der Waals surface area contributed by atoms with Gasteiger partial charge in [0.2, 0.25) is 5.89 Å². The average Bonchev–Trinajstić information content (AvgIpc) is 3.27. The maximum absolute atomic E-state index is 13.5. The van der Waals surface area contributed by atoms with Crippen LogP contribution in [-0.4, -0.2) is 33.8 Å². The van der Waals surface area contributed by atoms with E-state index in [4.69, 9.17) is 20.8 Å². The van der Waals surface area contributed by atoms with Gasteiger partial charge in [-0.2, -0.15) is 13.2 Å². The molecule has 0 unspecified atom stereocenters. The van der Waals surface area contributed by atoms with Gasteiger partial charge in [-0.3, -0.25) is 14.6 Å². The number of aromatic nitrogens is 2. The van der Waals surface area contributed by atoms with Gasteiger partial charge in [0.15, 0.2) is 18.2 Å². The molecule has 1 aromatic carbocycles. The molecule has 0 saturated heterocycles. The van der Waals surface area contributed by atoms with Gasteiger partial charge < -0.3 is 14.5 Å². The standard InChI is InChI=1S/C24H18ClF4N3O4/c25-15-3-2-14(5-16(15)26)35-9-20(34)32-23-10-22(11-23,12-23)6-17(33)18-8-31-21(36-18)13-1-4-19(30-7-13)24(27,28)29/h1-5,7-8H,6,9-12H2,(H,32,34). The number of ether oxygens (including phenoxy) is 1. The normalized spacial score (nSPS) is 22.4. The predicted molar refractivity (Wildman–Crippen MR) is 118 cm³/mol. The summed E-state index contributed by atoms with van der Waals surface area (Å²) in [5.74, 6) is -1.07. The Morgan fingerprint density at radius 1 is 1.11 bits per heavy atom. The van der Waals surface area contributed by atoms with E-state index in [1.54, 1.807) is 0 Å². The smallest absolute Gasteiger partial charge is 0.433 e. The molecule has 188 valence electrons. The van der Waals surface area contributed by atoms with Crippen LogP contribution in [0, 0.1) is 11.2 Å². The molecule has 36 heavy (non-hydrogen) atoms. The monoisotopic (exact) mass is 523 g/mol. The third kappa shape index (κ3) is 4.67. The van der Waals surface area contributed by atoms with Crippen LogP contribution in [0.2, 0.25) is 5.02 Å². The summed E-state index contributed by atoms with van der Waals surface area (Å²) < 4.78 is 62.2. The summed E-state index contributed by atoms with van der Waals surface area (Å²) in [6, 6.07) is 5.89. The van der Waals surface area contributed by atoms with Crippen molar-refractivity contribution in [1.82, 2.24) is 15.3 Å². The summed E-state index contributed by atoms with van der Waals surface area (Å²) in [5.41, 5.74) is -1.44. The second-order valence-electron chi connectivity index (χ2n) is 9.28. The van der Waals surface area contributed by atoms with Gasteiger partial charge in [-0.1, -0.05) is 11.6 Å². The first-order chi connectivity index (χ1) is 17.0. The molecule has 0 spiro atoms. The van der Waals surface area contributed by atoms with E-state index in [0.29, 0.717) is 19.3 Å². The third-order valence-electron chi connectivity index (χ3n) is 6.42. The van der Waals surface area contributed by atoms with Crippen molar-refractivity contribution in [3.8, 4) is 17.2 Å². The van der Waals surface area contributed by atoms with Crippen LogP contribution in [0.25, 0.3) is 11.5 Å². The highest BCUT2D eigenvalue weighted by Crippen LogP contribution is 2.69. The SMILES string of the molecule is O=C(COc1ccc(Cl)c(F)c1)NC12CC(CC(=O)c3cnc(-c4ccc(C(F)(F)F)nc4)o3)(C1)C2. The van der Waals surface area contributed by atoms with E-state index in [1.807, 2.05) is 0 Å². The van der Waals surface area contributed by atoms with Gasteiger partial charge in [0, 0.05) is 24.2 Å². The van der Waals surface area contributed by atoms with Gasteiger partial charge in [-0.15, -0.1) is 0 Å². The van der Waals surface area contributed by atoms with Crippen LogP contribution < -0.4 is 10.1 Å². The Bertz CT molecular complexity index is 1320. The molecule has 3 aromatic rings. The molecule has 0 radical (unpaired) electrons. The topological polar surface area (TPSA) is 94.3 Å². The van der Waals surface area contributed by atoms with E-state index in [9.17, 15) is 27.2 Å². The number of nitrogens with one attached hydrogen (secondary N) is 1. The van der Waals surface area contributed by atoms with Crippen LogP contribution in [0.3, 0.4) is 0 Å². The van der Waals surface area contributed by atoms with E-state index in [2.05, 4.69) is 15.3 Å². The molecule has 7 nitrogen and oxygen atoms in total. The number of amides is 1. The maximum Gasteiger partial charge on any atom is 0.433 e. The maximum atomic E-state index is 13.5. The van der Waals surface area contributed by atoms with Gasteiger partial charge in [-0.05, 0) is 48.9 Å². The van der Waals surface area contributed by atoms with Gasteiger partial charge in [-0.25, -0.2) is 9.37 Å². The molecule has 3 aliphatic rings. The highest BCUT2D eigenvalue weighted by Gasteiger charge is 2.68. The summed E-state index contributed by atoms with van der Waals surface area (Å²) >= 11 is 5.62. The Labute approximate surface area is 206 Å². The molecule has 1 N–H and O–H groups in total. The number of rotatable bonds is 8. The van der Waals surface area contributed by atoms with Gasteiger partial charge in [0.05, 0.1) is 16.8 Å². The molecular formula is C24H18ClF4N3O4. The number of halogens is 5. The van der Waals surface area contributed by atoms with Gasteiger partial charge in [0.25, 0.3) is 5.91 Å². The zero-order valence-corrected chi connectivity index (χ0v) is 19.3. The average molecular weight is 524 g/mol. The minimum atomic E-state index is -4.56. The molecule has 2 bridgehead atoms. The lowest BCUT2D eigenvalue weighted by atomic mass is 9.38. The minimum absolute atomic E-state index is 0.00136. The Morgan fingerprint density at radius 3 is 2.50 bits per heavy atom. The molecule has 3 saturated carbocycles. The zero-order chi connectivity index (χ0) is 25.7. The molecule has 2 heterocycles. The van der Waals surface area contributed by atoms with E-state index in [-0.39, 0.29) is 63.7 Å². The molecule has 12 heteroatoms. The van der Waals surface area contributed by atoms with Crippen molar-refractivity contribution >= 4 is 23.3 Å². The van der Waals surface area contributed by atoms with Crippen molar-refractivity contribution in [2.24, 2.45) is 5.41 Å². The minimum Gasteiger partial charge on any atom is -0.484 e. The van der Waals surface area contributed by atoms with Gasteiger partial charge in [0.1, 0.15) is 17.3 Å². The summed E-state index contributed by atoms with van der Waals surface area (Å²) in [4.78, 5) is 32.3. The zero-order valence-electron chi connectivity index (χ0n) is 18.5. The van der Waals surface area contributed by atoms with Crippen molar-refractivity contribution in [2.45, 2.75) is 37.4 Å². The van der Waals surface area contributed by atoms with E-state index in [0.717, 1.165) is 18.3 Å². The number of pyridine rings is 1. The van der Waals surface area contributed by atoms with Crippen molar-refractivity contribution in [2.75, 3.05) is 6.61 Å². The van der Waals surface area contributed by atoms with Crippen LogP contribution in [0.5, 0.6) is 5.75 Å². The lowest BCUT2D eigenvalue weighted by Gasteiger charge is -2.70. The number of Topliss-reactive ketones (excluding diaryl/α,β-unsaturated/α-hetero) is 1. The second kappa shape index (κ2) is 8.58. The summed E-state index contributed by atoms with van der Waals surface area (Å²) in [7, 11) is 0. The van der Waals surface area contributed by atoms with Crippen LogP contribution in [-0.2, 0) is 11.0 Å². The number of carbonyl (C=O) groups excluding carboxylic acids is 2. The Hall–Kier alpha value is -3.47. The molecule has 0 aliphatic heterocycles. The van der Waals surface area contributed by atoms with Crippen molar-refractivity contribution in [3.05, 3.63) is 65.0 Å². The highest BCUT2D eigenvalue weighted by atomic mass is 35.5. The molecule has 6 rings (SSSR count). The molecule has 3 aliphatic carbocycles. The van der Waals surface area contributed by atoms with E-state index >= 15 is 0 Å². The summed E-state index contributed by atoms with van der Waals surface area (Å²) in [5, 5.41) is 2.87. The van der Waals surface area contributed by atoms with Crippen molar-refractivity contribution in [3.63, 3.8) is 0 Å². The number of oxazole rings is 1. The summed E-state index contributed by atoms with van der Waals surface area (Å²) in [6.45, 7) is -0.283. The van der Waals surface area contributed by atoms with Crippen LogP contribution in [0.15, 0.2) is 47.1 Å². The first kappa shape index (κ1) is 24.2. The lowest BCUT2D eigenvalue weighted by molar-refractivity contribution is -0.164. The van der Waals surface area contributed by atoms with Crippen LogP contribution in [0.4, 0.5) is 17.6 Å². The van der Waals surface area contributed by atoms with E-state index in [1.165, 1.54) is 24.4 Å². The largest absolute Gasteiger partial charge is 0.484 e. The van der Waals surface area contributed by atoms with E-state index < -0.39 is 17.7 Å². The molecular weight excluding hydrogens is 506 g/mol. The Balaban J connectivity index is 1.11. The second-order valence-corrected chi connectivity index (χ2v) is 9.69. The predicted octanol–water partition coefficient (Wildman–Crippen LogP) is 5.24. The fourth-order valence-electron chi connectivity index (χ4n) is 5.02. The number of benzene rings is 1. The number of alkyl halides is 3. The van der Waals surface area contributed by atoms with Crippen LogP contribution >= 0.6 is 11.6 Å². The lowest BCUT2D eigenvalue weighted by Crippen LogP contribution is -2.75. The van der Waals surface area contributed by atoms with Crippen molar-refractivity contribution < 1.29 is 36.3 Å². The molecule has 1 amide bonds. The quantitative estimate of drug-likeness (QED) is 0.320. The number of carbonyl (C=O) groups is 2. The molecule has 0 atom stereocenters. The third-order valence-corrected chi connectivity index (χ3v) is 6.73. The Kier molecular flexibility index (Phi) is 5.77. The summed E-state index contributed by atoms with van der Waals surface area (Å²) in [6.07, 6.45) is -0.256. The fourth-order valence-corrected chi connectivity index (χ4v) is 5.14. The number of nitrogens with zero attached hydrogens (tertiary/aromatic N) is 2. The molecule has 3 fully saturated rings. The van der Waals surface area contributed by atoms with Gasteiger partial charge >= 0.3 is 6.18 Å². The molecule has 2 aromatic heterocycles. The highest BCUT2D eigenvalue weighted by molar-refractivity contribution is 6.30. The number of ketones is 1. The van der Waals surface area contributed by atoms with Crippen LogP contribution in [0.1, 0.15) is 41.9 Å². The van der Waals surface area contributed by atoms with Crippen molar-refractivity contribution in [1.29, 1.82) is 0 Å². The number of hydrogen-bond donors (Lipinski definition) is 1. The Morgan fingerprint density at radius 2 is 1.86 bits per heavy atom. The first-order valence-corrected chi connectivity index (χ1v) is 11.3. The first-order valence-electron chi connectivity index (χ1n) is 10.9. The fraction of sp³-hybridized carbons (Fsp3) is 0.333. The number of hydrogen-bond acceptors (Lipinski definition) is 6.